The van der Waals surface area contributed by atoms with Gasteiger partial charge in [-0.25, -0.2) is 9.37 Å². The SMILES string of the molecule is Cc1cc(OCC2CCCN(C(C)c3nc4c(cc3F)OCCO4)C2)cc(C)n1. The summed E-state index contributed by atoms with van der Waals surface area (Å²) in [5.41, 5.74) is 2.33. The molecule has 7 heteroatoms. The van der Waals surface area contributed by atoms with Crippen LogP contribution in [0.1, 0.15) is 42.9 Å². The fourth-order valence-corrected chi connectivity index (χ4v) is 4.11. The number of piperidine rings is 1. The van der Waals surface area contributed by atoms with Gasteiger partial charge in [-0.05, 0) is 40.2 Å². The highest BCUT2D eigenvalue weighted by Gasteiger charge is 2.29. The molecule has 2 aromatic heterocycles. The zero-order valence-corrected chi connectivity index (χ0v) is 17.3. The summed E-state index contributed by atoms with van der Waals surface area (Å²) in [5.74, 6) is 1.68. The number of aromatic nitrogens is 2. The lowest BCUT2D eigenvalue weighted by molar-refractivity contribution is 0.0963. The predicted molar refractivity (Wildman–Crippen MR) is 107 cm³/mol. The number of ether oxygens (including phenoxy) is 3. The maximum atomic E-state index is 14.7. The molecule has 2 atom stereocenters. The van der Waals surface area contributed by atoms with Crippen molar-refractivity contribution in [2.45, 2.75) is 39.7 Å². The highest BCUT2D eigenvalue weighted by molar-refractivity contribution is 5.37. The number of aryl methyl sites for hydroxylation is 2. The Hall–Kier alpha value is -2.41. The Morgan fingerprint density at radius 3 is 2.72 bits per heavy atom. The molecule has 0 aliphatic carbocycles. The van der Waals surface area contributed by atoms with E-state index in [-0.39, 0.29) is 11.9 Å². The molecule has 2 unspecified atom stereocenters. The molecule has 4 heterocycles. The summed E-state index contributed by atoms with van der Waals surface area (Å²) in [6, 6.07) is 5.18. The van der Waals surface area contributed by atoms with Crippen LogP contribution in [0.5, 0.6) is 17.4 Å². The minimum Gasteiger partial charge on any atom is -0.493 e. The van der Waals surface area contributed by atoms with Crippen molar-refractivity contribution in [3.05, 3.63) is 41.1 Å². The van der Waals surface area contributed by atoms with Crippen LogP contribution in [0, 0.1) is 25.6 Å². The number of pyridine rings is 2. The van der Waals surface area contributed by atoms with Gasteiger partial charge in [0.15, 0.2) is 5.75 Å². The van der Waals surface area contributed by atoms with Gasteiger partial charge in [0.2, 0.25) is 0 Å². The van der Waals surface area contributed by atoms with Crippen LogP contribution in [0.2, 0.25) is 0 Å². The Balaban J connectivity index is 1.41. The van der Waals surface area contributed by atoms with Crippen molar-refractivity contribution in [3.8, 4) is 17.4 Å². The molecule has 6 nitrogen and oxygen atoms in total. The van der Waals surface area contributed by atoms with E-state index in [1.165, 1.54) is 6.07 Å². The molecule has 0 aromatic carbocycles. The second kappa shape index (κ2) is 8.53. The number of rotatable bonds is 5. The molecular weight excluding hydrogens is 373 g/mol. The van der Waals surface area contributed by atoms with Gasteiger partial charge in [-0.2, -0.15) is 0 Å². The minimum absolute atomic E-state index is 0.140. The lowest BCUT2D eigenvalue weighted by Gasteiger charge is -2.36. The molecule has 156 valence electrons. The van der Waals surface area contributed by atoms with Gasteiger partial charge in [0.1, 0.15) is 24.8 Å². The molecule has 29 heavy (non-hydrogen) atoms. The summed E-state index contributed by atoms with van der Waals surface area (Å²) in [7, 11) is 0. The van der Waals surface area contributed by atoms with E-state index in [0.29, 0.717) is 43.1 Å². The van der Waals surface area contributed by atoms with Crippen LogP contribution in [-0.2, 0) is 0 Å². The Morgan fingerprint density at radius 1 is 1.17 bits per heavy atom. The molecule has 0 bridgehead atoms. The number of likely N-dealkylation sites (tertiary alicyclic amines) is 1. The molecule has 2 aromatic rings. The van der Waals surface area contributed by atoms with Gasteiger partial charge in [0.25, 0.3) is 5.88 Å². The van der Waals surface area contributed by atoms with Crippen LogP contribution in [0.4, 0.5) is 4.39 Å². The van der Waals surface area contributed by atoms with Gasteiger partial charge in [-0.3, -0.25) is 9.88 Å². The van der Waals surface area contributed by atoms with Crippen LogP contribution in [0.25, 0.3) is 0 Å². The summed E-state index contributed by atoms with van der Waals surface area (Å²) in [5, 5.41) is 0. The van der Waals surface area contributed by atoms with Crippen molar-refractivity contribution in [3.63, 3.8) is 0 Å². The molecule has 4 rings (SSSR count). The molecule has 0 spiro atoms. The third-order valence-corrected chi connectivity index (χ3v) is 5.55. The molecule has 1 fully saturated rings. The summed E-state index contributed by atoms with van der Waals surface area (Å²) in [6.07, 6.45) is 2.16. The van der Waals surface area contributed by atoms with E-state index in [4.69, 9.17) is 14.2 Å². The van der Waals surface area contributed by atoms with Crippen molar-refractivity contribution >= 4 is 0 Å². The molecule has 1 saturated heterocycles. The summed E-state index contributed by atoms with van der Waals surface area (Å²) in [6.45, 7) is 9.21. The molecule has 0 N–H and O–H groups in total. The zero-order valence-electron chi connectivity index (χ0n) is 17.3. The Kier molecular flexibility index (Phi) is 5.85. The average molecular weight is 401 g/mol. The second-order valence-corrected chi connectivity index (χ2v) is 7.93. The van der Waals surface area contributed by atoms with Gasteiger partial charge in [0.05, 0.1) is 18.3 Å². The summed E-state index contributed by atoms with van der Waals surface area (Å²) < 4.78 is 31.7. The van der Waals surface area contributed by atoms with E-state index in [9.17, 15) is 4.39 Å². The first kappa shape index (κ1) is 19.9. The van der Waals surface area contributed by atoms with Crippen LogP contribution in [0.15, 0.2) is 18.2 Å². The topological polar surface area (TPSA) is 56.7 Å². The largest absolute Gasteiger partial charge is 0.493 e. The third kappa shape index (κ3) is 4.61. The van der Waals surface area contributed by atoms with E-state index in [1.807, 2.05) is 32.9 Å². The average Bonchev–Trinajstić information content (AvgIpc) is 2.71. The van der Waals surface area contributed by atoms with Gasteiger partial charge < -0.3 is 14.2 Å². The number of hydrogen-bond acceptors (Lipinski definition) is 6. The molecule has 0 saturated carbocycles. The lowest BCUT2D eigenvalue weighted by atomic mass is 9.97. The van der Waals surface area contributed by atoms with Gasteiger partial charge in [-0.1, -0.05) is 0 Å². The highest BCUT2D eigenvalue weighted by Crippen LogP contribution is 2.34. The monoisotopic (exact) mass is 401 g/mol. The highest BCUT2D eigenvalue weighted by atomic mass is 19.1. The first-order valence-corrected chi connectivity index (χ1v) is 10.3. The van der Waals surface area contributed by atoms with Gasteiger partial charge >= 0.3 is 0 Å². The van der Waals surface area contributed by atoms with E-state index < -0.39 is 0 Å². The van der Waals surface area contributed by atoms with Crippen LogP contribution >= 0.6 is 0 Å². The first-order valence-electron chi connectivity index (χ1n) is 10.3. The number of hydrogen-bond donors (Lipinski definition) is 0. The van der Waals surface area contributed by atoms with Gasteiger partial charge in [0, 0.05) is 42.0 Å². The number of halogens is 1. The van der Waals surface area contributed by atoms with Crippen LogP contribution < -0.4 is 14.2 Å². The summed E-state index contributed by atoms with van der Waals surface area (Å²) >= 11 is 0. The second-order valence-electron chi connectivity index (χ2n) is 7.93. The van der Waals surface area contributed by atoms with Crippen molar-refractivity contribution in [1.29, 1.82) is 0 Å². The van der Waals surface area contributed by atoms with E-state index in [1.54, 1.807) is 0 Å². The maximum absolute atomic E-state index is 14.7. The molecule has 0 radical (unpaired) electrons. The lowest BCUT2D eigenvalue weighted by Crippen LogP contribution is -2.39. The maximum Gasteiger partial charge on any atom is 0.257 e. The molecule has 2 aliphatic rings. The number of nitrogens with zero attached hydrogens (tertiary/aromatic N) is 3. The number of fused-ring (bicyclic) bond motifs is 1. The van der Waals surface area contributed by atoms with Crippen molar-refractivity contribution in [1.82, 2.24) is 14.9 Å². The summed E-state index contributed by atoms with van der Waals surface area (Å²) in [4.78, 5) is 11.1. The van der Waals surface area contributed by atoms with Crippen LogP contribution in [-0.4, -0.2) is 47.8 Å². The first-order chi connectivity index (χ1) is 14.0. The molecule has 0 amide bonds. The smallest absolute Gasteiger partial charge is 0.257 e. The Labute approximate surface area is 171 Å². The molecule has 2 aliphatic heterocycles. The molecular formula is C22H28FN3O3. The van der Waals surface area contributed by atoms with Gasteiger partial charge in [-0.15, -0.1) is 0 Å². The van der Waals surface area contributed by atoms with Crippen molar-refractivity contribution < 1.29 is 18.6 Å². The normalized spacial score (nSPS) is 20.3. The van der Waals surface area contributed by atoms with Crippen molar-refractivity contribution in [2.24, 2.45) is 5.92 Å². The van der Waals surface area contributed by atoms with E-state index >= 15 is 0 Å². The fraction of sp³-hybridized carbons (Fsp3) is 0.545. The third-order valence-electron chi connectivity index (χ3n) is 5.55. The van der Waals surface area contributed by atoms with Crippen molar-refractivity contribution in [2.75, 3.05) is 32.9 Å². The van der Waals surface area contributed by atoms with E-state index in [2.05, 4.69) is 14.9 Å². The minimum atomic E-state index is -0.345. The van der Waals surface area contributed by atoms with E-state index in [0.717, 1.165) is 43.1 Å². The Bertz CT molecular complexity index is 856. The fourth-order valence-electron chi connectivity index (χ4n) is 4.11. The van der Waals surface area contributed by atoms with Crippen LogP contribution in [0.3, 0.4) is 0 Å². The Morgan fingerprint density at radius 2 is 1.93 bits per heavy atom. The zero-order chi connectivity index (χ0) is 20.4. The standard InChI is InChI=1S/C22H28FN3O3/c1-14-9-18(10-15(2)24-14)29-13-17-5-4-6-26(12-17)16(3)21-19(23)11-20-22(25-21)28-8-7-27-20/h9-11,16-17H,4-8,12-13H2,1-3H3. The quantitative estimate of drug-likeness (QED) is 0.758. The predicted octanol–water partition coefficient (Wildman–Crippen LogP) is 3.86.